The number of aromatic nitrogens is 1. The number of hydrogen-bond acceptors (Lipinski definition) is 4. The van der Waals surface area contributed by atoms with Gasteiger partial charge in [0, 0.05) is 31.4 Å². The fourth-order valence-corrected chi connectivity index (χ4v) is 2.20. The second-order valence-corrected chi connectivity index (χ2v) is 5.16. The van der Waals surface area contributed by atoms with Gasteiger partial charge in [0.05, 0.1) is 12.3 Å². The van der Waals surface area contributed by atoms with Gasteiger partial charge in [0.1, 0.15) is 0 Å². The molecule has 1 heterocycles. The van der Waals surface area contributed by atoms with E-state index in [1.807, 2.05) is 24.3 Å². The fraction of sp³-hybridized carbons (Fsp3) is 0.211. The maximum absolute atomic E-state index is 12.4. The van der Waals surface area contributed by atoms with Gasteiger partial charge < -0.3 is 9.64 Å². The van der Waals surface area contributed by atoms with Gasteiger partial charge in [0.25, 0.3) is 5.91 Å². The number of carbonyl (C=O) groups is 2. The third kappa shape index (κ3) is 4.78. The first-order valence-corrected chi connectivity index (χ1v) is 7.71. The van der Waals surface area contributed by atoms with E-state index >= 15 is 0 Å². The molecule has 1 aromatic carbocycles. The Hall–Kier alpha value is -2.95. The topological polar surface area (TPSA) is 59.5 Å². The van der Waals surface area contributed by atoms with Gasteiger partial charge in [-0.1, -0.05) is 24.3 Å². The summed E-state index contributed by atoms with van der Waals surface area (Å²) in [6, 6.07) is 12.8. The summed E-state index contributed by atoms with van der Waals surface area (Å²) in [4.78, 5) is 29.7. The average molecular weight is 324 g/mol. The Morgan fingerprint density at radius 1 is 1.17 bits per heavy atom. The molecule has 0 unspecified atom stereocenters. The normalized spacial score (nSPS) is 10.6. The third-order valence-corrected chi connectivity index (χ3v) is 3.36. The number of pyridine rings is 1. The van der Waals surface area contributed by atoms with E-state index in [2.05, 4.69) is 4.98 Å². The van der Waals surface area contributed by atoms with Crippen LogP contribution in [0.4, 0.5) is 0 Å². The number of esters is 1. The van der Waals surface area contributed by atoms with E-state index in [0.29, 0.717) is 24.4 Å². The van der Waals surface area contributed by atoms with Crippen LogP contribution in [0, 0.1) is 0 Å². The lowest BCUT2D eigenvalue weighted by Gasteiger charge is -2.18. The molecule has 0 N–H and O–H groups in total. The molecule has 5 nitrogen and oxygen atoms in total. The van der Waals surface area contributed by atoms with E-state index in [1.54, 1.807) is 49.3 Å². The third-order valence-electron chi connectivity index (χ3n) is 3.36. The SMILES string of the molecule is CCOC(=O)/C=C\c1ncccc1CN(C)C(=O)c1ccccc1. The van der Waals surface area contributed by atoms with Crippen molar-refractivity contribution in [1.29, 1.82) is 0 Å². The van der Waals surface area contributed by atoms with Crippen LogP contribution in [0.3, 0.4) is 0 Å². The van der Waals surface area contributed by atoms with Crippen LogP contribution in [0.15, 0.2) is 54.7 Å². The Labute approximate surface area is 141 Å². The number of benzene rings is 1. The molecule has 0 radical (unpaired) electrons. The van der Waals surface area contributed by atoms with Gasteiger partial charge in [-0.3, -0.25) is 9.78 Å². The molecule has 0 spiro atoms. The molecule has 0 saturated carbocycles. The van der Waals surface area contributed by atoms with Gasteiger partial charge in [-0.15, -0.1) is 0 Å². The average Bonchev–Trinajstić information content (AvgIpc) is 2.61. The number of ether oxygens (including phenoxy) is 1. The summed E-state index contributed by atoms with van der Waals surface area (Å²) in [6.45, 7) is 2.47. The molecule has 0 aliphatic rings. The van der Waals surface area contributed by atoms with Gasteiger partial charge in [-0.05, 0) is 36.8 Å². The van der Waals surface area contributed by atoms with Crippen molar-refractivity contribution in [2.45, 2.75) is 13.5 Å². The standard InChI is InChI=1S/C19H20N2O3/c1-3-24-18(22)12-11-17-16(10-7-13-20-17)14-21(2)19(23)15-8-5-4-6-9-15/h4-13H,3,14H2,1-2H3/b12-11-. The summed E-state index contributed by atoms with van der Waals surface area (Å²) < 4.78 is 4.86. The van der Waals surface area contributed by atoms with Crippen LogP contribution in [0.2, 0.25) is 0 Å². The van der Waals surface area contributed by atoms with E-state index in [-0.39, 0.29) is 5.91 Å². The summed E-state index contributed by atoms with van der Waals surface area (Å²) in [5.74, 6) is -0.484. The molecule has 2 aromatic rings. The highest BCUT2D eigenvalue weighted by atomic mass is 16.5. The van der Waals surface area contributed by atoms with Crippen molar-refractivity contribution in [1.82, 2.24) is 9.88 Å². The fourth-order valence-electron chi connectivity index (χ4n) is 2.20. The smallest absolute Gasteiger partial charge is 0.330 e. The Balaban J connectivity index is 2.12. The van der Waals surface area contributed by atoms with E-state index in [9.17, 15) is 9.59 Å². The minimum atomic E-state index is -0.414. The first kappa shape index (κ1) is 17.4. The van der Waals surface area contributed by atoms with E-state index in [4.69, 9.17) is 4.74 Å². The predicted octanol–water partition coefficient (Wildman–Crippen LogP) is 2.93. The van der Waals surface area contributed by atoms with E-state index in [1.165, 1.54) is 6.08 Å². The van der Waals surface area contributed by atoms with Crippen molar-refractivity contribution in [3.05, 3.63) is 71.6 Å². The zero-order chi connectivity index (χ0) is 17.4. The second kappa shape index (κ2) is 8.62. The lowest BCUT2D eigenvalue weighted by molar-refractivity contribution is -0.137. The zero-order valence-corrected chi connectivity index (χ0v) is 13.8. The number of rotatable bonds is 6. The Morgan fingerprint density at radius 2 is 1.92 bits per heavy atom. The first-order valence-electron chi connectivity index (χ1n) is 7.71. The number of hydrogen-bond donors (Lipinski definition) is 0. The highest BCUT2D eigenvalue weighted by Crippen LogP contribution is 2.12. The molecule has 2 rings (SSSR count). The molecular formula is C19H20N2O3. The Bertz CT molecular complexity index is 726. The zero-order valence-electron chi connectivity index (χ0n) is 13.8. The maximum atomic E-state index is 12.4. The molecule has 0 fully saturated rings. The summed E-state index contributed by atoms with van der Waals surface area (Å²) in [5, 5.41) is 0. The molecule has 124 valence electrons. The summed E-state index contributed by atoms with van der Waals surface area (Å²) in [5.41, 5.74) is 2.12. The second-order valence-electron chi connectivity index (χ2n) is 5.16. The highest BCUT2D eigenvalue weighted by Gasteiger charge is 2.13. The largest absolute Gasteiger partial charge is 0.463 e. The number of amides is 1. The lowest BCUT2D eigenvalue weighted by atomic mass is 10.1. The van der Waals surface area contributed by atoms with Crippen molar-refractivity contribution in [3.8, 4) is 0 Å². The summed E-state index contributed by atoms with van der Waals surface area (Å²) >= 11 is 0. The molecule has 1 aromatic heterocycles. The van der Waals surface area contributed by atoms with Crippen LogP contribution in [0.25, 0.3) is 6.08 Å². The van der Waals surface area contributed by atoms with Gasteiger partial charge in [0.15, 0.2) is 0 Å². The number of carbonyl (C=O) groups excluding carboxylic acids is 2. The molecule has 0 bridgehead atoms. The molecule has 24 heavy (non-hydrogen) atoms. The predicted molar refractivity (Wildman–Crippen MR) is 92.1 cm³/mol. The Morgan fingerprint density at radius 3 is 2.62 bits per heavy atom. The van der Waals surface area contributed by atoms with Gasteiger partial charge in [-0.2, -0.15) is 0 Å². The summed E-state index contributed by atoms with van der Waals surface area (Å²) in [7, 11) is 1.74. The summed E-state index contributed by atoms with van der Waals surface area (Å²) in [6.07, 6.45) is 4.59. The van der Waals surface area contributed by atoms with Gasteiger partial charge in [0.2, 0.25) is 0 Å². The number of nitrogens with zero attached hydrogens (tertiary/aromatic N) is 2. The van der Waals surface area contributed by atoms with Crippen LogP contribution in [0.1, 0.15) is 28.5 Å². The highest BCUT2D eigenvalue weighted by molar-refractivity contribution is 5.94. The van der Waals surface area contributed by atoms with Gasteiger partial charge in [-0.25, -0.2) is 4.79 Å². The van der Waals surface area contributed by atoms with Crippen LogP contribution in [0.5, 0.6) is 0 Å². The molecule has 0 atom stereocenters. The van der Waals surface area contributed by atoms with Gasteiger partial charge >= 0.3 is 5.97 Å². The lowest BCUT2D eigenvalue weighted by Crippen LogP contribution is -2.26. The van der Waals surface area contributed by atoms with Crippen LogP contribution in [-0.4, -0.2) is 35.4 Å². The monoisotopic (exact) mass is 324 g/mol. The molecule has 0 aliphatic carbocycles. The minimum Gasteiger partial charge on any atom is -0.463 e. The van der Waals surface area contributed by atoms with Crippen molar-refractivity contribution in [2.75, 3.05) is 13.7 Å². The van der Waals surface area contributed by atoms with E-state index < -0.39 is 5.97 Å². The maximum Gasteiger partial charge on any atom is 0.330 e. The molecule has 0 saturated heterocycles. The van der Waals surface area contributed by atoms with Crippen molar-refractivity contribution >= 4 is 18.0 Å². The molecule has 5 heteroatoms. The first-order chi connectivity index (χ1) is 11.6. The Kier molecular flexibility index (Phi) is 6.25. The van der Waals surface area contributed by atoms with Crippen LogP contribution >= 0.6 is 0 Å². The molecule has 0 aliphatic heterocycles. The molecular weight excluding hydrogens is 304 g/mol. The minimum absolute atomic E-state index is 0.0697. The van der Waals surface area contributed by atoms with Crippen molar-refractivity contribution < 1.29 is 14.3 Å². The van der Waals surface area contributed by atoms with Crippen LogP contribution in [-0.2, 0) is 16.1 Å². The van der Waals surface area contributed by atoms with Crippen molar-refractivity contribution in [2.24, 2.45) is 0 Å². The van der Waals surface area contributed by atoms with Crippen molar-refractivity contribution in [3.63, 3.8) is 0 Å². The molecule has 1 amide bonds. The van der Waals surface area contributed by atoms with E-state index in [0.717, 1.165) is 5.56 Å². The quantitative estimate of drug-likeness (QED) is 0.605. The van der Waals surface area contributed by atoms with Crippen LogP contribution < -0.4 is 0 Å².